The molecular formula is C15H25N3. The molecule has 1 N–H and O–H groups in total. The molecule has 0 spiro atoms. The summed E-state index contributed by atoms with van der Waals surface area (Å²) in [4.78, 5) is 9.10. The molecule has 1 aromatic rings. The number of aromatic nitrogens is 2. The smallest absolute Gasteiger partial charge is 0.133 e. The van der Waals surface area contributed by atoms with Gasteiger partial charge in [-0.05, 0) is 50.5 Å². The van der Waals surface area contributed by atoms with Crippen molar-refractivity contribution < 1.29 is 0 Å². The zero-order chi connectivity index (χ0) is 13.0. The van der Waals surface area contributed by atoms with E-state index in [1.54, 1.807) is 0 Å². The highest BCUT2D eigenvalue weighted by molar-refractivity contribution is 5.33. The summed E-state index contributed by atoms with van der Waals surface area (Å²) in [5, 5.41) is 3.26. The fourth-order valence-electron chi connectivity index (χ4n) is 2.89. The van der Waals surface area contributed by atoms with Gasteiger partial charge in [-0.25, -0.2) is 9.97 Å². The molecule has 0 amide bonds. The molecular weight excluding hydrogens is 222 g/mol. The SMILES string of the molecule is CCNc1ccnc(C2CCC(C(C)C)CC2)n1. The zero-order valence-corrected chi connectivity index (χ0v) is 11.8. The summed E-state index contributed by atoms with van der Waals surface area (Å²) in [5.74, 6) is 4.29. The molecule has 0 atom stereocenters. The fraction of sp³-hybridized carbons (Fsp3) is 0.733. The van der Waals surface area contributed by atoms with E-state index in [2.05, 4.69) is 36.1 Å². The number of anilines is 1. The minimum absolute atomic E-state index is 0.568. The van der Waals surface area contributed by atoms with Gasteiger partial charge in [-0.3, -0.25) is 0 Å². The molecule has 1 saturated carbocycles. The molecule has 0 aromatic carbocycles. The molecule has 1 aromatic heterocycles. The van der Waals surface area contributed by atoms with Gasteiger partial charge in [0.15, 0.2) is 0 Å². The van der Waals surface area contributed by atoms with Crippen LogP contribution in [0.5, 0.6) is 0 Å². The summed E-state index contributed by atoms with van der Waals surface area (Å²) >= 11 is 0. The van der Waals surface area contributed by atoms with Gasteiger partial charge in [0.05, 0.1) is 0 Å². The first-order valence-corrected chi connectivity index (χ1v) is 7.27. The monoisotopic (exact) mass is 247 g/mol. The lowest BCUT2D eigenvalue weighted by Gasteiger charge is -2.30. The summed E-state index contributed by atoms with van der Waals surface area (Å²) in [6.07, 6.45) is 7.04. The third-order valence-corrected chi connectivity index (χ3v) is 4.11. The average Bonchev–Trinajstić information content (AvgIpc) is 2.39. The third-order valence-electron chi connectivity index (χ3n) is 4.11. The predicted octanol–water partition coefficient (Wildman–Crippen LogP) is 3.84. The van der Waals surface area contributed by atoms with E-state index in [-0.39, 0.29) is 0 Å². The Labute approximate surface area is 110 Å². The molecule has 0 unspecified atom stereocenters. The van der Waals surface area contributed by atoms with Crippen LogP contribution in [0.4, 0.5) is 5.82 Å². The molecule has 0 saturated heterocycles. The third kappa shape index (κ3) is 3.21. The van der Waals surface area contributed by atoms with Gasteiger partial charge >= 0.3 is 0 Å². The molecule has 1 heterocycles. The Morgan fingerprint density at radius 3 is 2.61 bits per heavy atom. The zero-order valence-electron chi connectivity index (χ0n) is 11.8. The molecule has 0 radical (unpaired) electrons. The highest BCUT2D eigenvalue weighted by Gasteiger charge is 2.25. The Bertz CT molecular complexity index is 368. The van der Waals surface area contributed by atoms with Crippen molar-refractivity contribution in [3.8, 4) is 0 Å². The van der Waals surface area contributed by atoms with Gasteiger partial charge < -0.3 is 5.32 Å². The Hall–Kier alpha value is -1.12. The molecule has 18 heavy (non-hydrogen) atoms. The van der Waals surface area contributed by atoms with Crippen LogP contribution in [0.15, 0.2) is 12.3 Å². The van der Waals surface area contributed by atoms with Crippen molar-refractivity contribution >= 4 is 5.82 Å². The van der Waals surface area contributed by atoms with E-state index in [9.17, 15) is 0 Å². The van der Waals surface area contributed by atoms with Crippen LogP contribution in [0.1, 0.15) is 58.2 Å². The first-order chi connectivity index (χ1) is 8.70. The molecule has 1 fully saturated rings. The Balaban J connectivity index is 1.98. The molecule has 100 valence electrons. The molecule has 3 nitrogen and oxygen atoms in total. The Morgan fingerprint density at radius 2 is 2.00 bits per heavy atom. The molecule has 0 aliphatic heterocycles. The Morgan fingerprint density at radius 1 is 1.28 bits per heavy atom. The number of nitrogens with zero attached hydrogens (tertiary/aromatic N) is 2. The lowest BCUT2D eigenvalue weighted by Crippen LogP contribution is -2.19. The van der Waals surface area contributed by atoms with Gasteiger partial charge in [0.25, 0.3) is 0 Å². The van der Waals surface area contributed by atoms with Crippen LogP contribution in [-0.2, 0) is 0 Å². The van der Waals surface area contributed by atoms with Crippen LogP contribution in [0.2, 0.25) is 0 Å². The summed E-state index contributed by atoms with van der Waals surface area (Å²) in [7, 11) is 0. The largest absolute Gasteiger partial charge is 0.370 e. The molecule has 1 aliphatic carbocycles. The molecule has 3 heteroatoms. The maximum Gasteiger partial charge on any atom is 0.133 e. The van der Waals surface area contributed by atoms with Crippen LogP contribution >= 0.6 is 0 Å². The van der Waals surface area contributed by atoms with Gasteiger partial charge in [-0.15, -0.1) is 0 Å². The van der Waals surface area contributed by atoms with Gasteiger partial charge in [-0.2, -0.15) is 0 Å². The maximum absolute atomic E-state index is 4.63. The summed E-state index contributed by atoms with van der Waals surface area (Å²) in [5.41, 5.74) is 0. The topological polar surface area (TPSA) is 37.8 Å². The summed E-state index contributed by atoms with van der Waals surface area (Å²) < 4.78 is 0. The normalized spacial score (nSPS) is 24.2. The van der Waals surface area contributed by atoms with E-state index in [1.807, 2.05) is 12.3 Å². The van der Waals surface area contributed by atoms with Gasteiger partial charge in [-0.1, -0.05) is 13.8 Å². The highest BCUT2D eigenvalue weighted by Crippen LogP contribution is 2.37. The van der Waals surface area contributed by atoms with E-state index in [1.165, 1.54) is 25.7 Å². The minimum atomic E-state index is 0.568. The lowest BCUT2D eigenvalue weighted by atomic mass is 9.77. The van der Waals surface area contributed by atoms with Crippen LogP contribution in [-0.4, -0.2) is 16.5 Å². The first kappa shape index (κ1) is 13.3. The maximum atomic E-state index is 4.63. The van der Waals surface area contributed by atoms with Crippen molar-refractivity contribution in [1.29, 1.82) is 0 Å². The Kier molecular flexibility index (Phi) is 4.56. The van der Waals surface area contributed by atoms with Crippen molar-refractivity contribution in [3.63, 3.8) is 0 Å². The van der Waals surface area contributed by atoms with Gasteiger partial charge in [0.1, 0.15) is 11.6 Å². The van der Waals surface area contributed by atoms with E-state index in [0.29, 0.717) is 5.92 Å². The van der Waals surface area contributed by atoms with Crippen molar-refractivity contribution in [2.75, 3.05) is 11.9 Å². The van der Waals surface area contributed by atoms with E-state index in [4.69, 9.17) is 0 Å². The predicted molar refractivity (Wildman–Crippen MR) is 75.7 cm³/mol. The molecule has 0 bridgehead atoms. The standard InChI is InChI=1S/C15H25N3/c1-4-16-14-9-10-17-15(18-14)13-7-5-12(6-8-13)11(2)3/h9-13H,4-8H2,1-3H3,(H,16,17,18). The number of hydrogen-bond acceptors (Lipinski definition) is 3. The molecule has 2 rings (SSSR count). The van der Waals surface area contributed by atoms with E-state index < -0.39 is 0 Å². The van der Waals surface area contributed by atoms with Crippen LogP contribution in [0.3, 0.4) is 0 Å². The summed E-state index contributed by atoms with van der Waals surface area (Å²) in [6, 6.07) is 1.95. The number of nitrogens with one attached hydrogen (secondary N) is 1. The van der Waals surface area contributed by atoms with Crippen LogP contribution < -0.4 is 5.32 Å². The second kappa shape index (κ2) is 6.17. The minimum Gasteiger partial charge on any atom is -0.370 e. The lowest BCUT2D eigenvalue weighted by molar-refractivity contribution is 0.255. The fourth-order valence-corrected chi connectivity index (χ4v) is 2.89. The van der Waals surface area contributed by atoms with Crippen molar-refractivity contribution in [2.45, 2.75) is 52.4 Å². The first-order valence-electron chi connectivity index (χ1n) is 7.27. The van der Waals surface area contributed by atoms with E-state index in [0.717, 1.165) is 30.0 Å². The van der Waals surface area contributed by atoms with Crippen molar-refractivity contribution in [1.82, 2.24) is 9.97 Å². The quantitative estimate of drug-likeness (QED) is 0.878. The number of hydrogen-bond donors (Lipinski definition) is 1. The van der Waals surface area contributed by atoms with Gasteiger partial charge in [0, 0.05) is 18.7 Å². The van der Waals surface area contributed by atoms with Gasteiger partial charge in [0.2, 0.25) is 0 Å². The van der Waals surface area contributed by atoms with E-state index >= 15 is 0 Å². The average molecular weight is 247 g/mol. The van der Waals surface area contributed by atoms with Crippen molar-refractivity contribution in [3.05, 3.63) is 18.1 Å². The van der Waals surface area contributed by atoms with Crippen LogP contribution in [0, 0.1) is 11.8 Å². The van der Waals surface area contributed by atoms with Crippen molar-refractivity contribution in [2.24, 2.45) is 11.8 Å². The summed E-state index contributed by atoms with van der Waals surface area (Å²) in [6.45, 7) is 7.69. The second-order valence-electron chi connectivity index (χ2n) is 5.69. The highest BCUT2D eigenvalue weighted by atomic mass is 15.0. The van der Waals surface area contributed by atoms with Crippen LogP contribution in [0.25, 0.3) is 0 Å². The number of rotatable bonds is 4. The second-order valence-corrected chi connectivity index (χ2v) is 5.69. The molecule has 1 aliphatic rings.